The molecule has 0 aliphatic heterocycles. The van der Waals surface area contributed by atoms with Crippen molar-refractivity contribution in [2.24, 2.45) is 0 Å². The lowest BCUT2D eigenvalue weighted by Crippen LogP contribution is -2.15. The first-order valence-corrected chi connectivity index (χ1v) is 6.65. The third-order valence-corrected chi connectivity index (χ3v) is 3.35. The van der Waals surface area contributed by atoms with Gasteiger partial charge in [0.1, 0.15) is 5.75 Å². The number of aliphatic hydroxyl groups is 1. The molecule has 0 bridgehead atoms. The summed E-state index contributed by atoms with van der Waals surface area (Å²) in [5, 5.41) is 22.6. The maximum Gasteiger partial charge on any atom is 0.141 e. The number of rotatable bonds is 5. The van der Waals surface area contributed by atoms with Gasteiger partial charge in [-0.2, -0.15) is 0 Å². The average molecular weight is 272 g/mol. The van der Waals surface area contributed by atoms with Gasteiger partial charge in [0, 0.05) is 30.4 Å². The monoisotopic (exact) mass is 272 g/mol. The molecular formula is C16H20N2O2. The van der Waals surface area contributed by atoms with Crippen molar-refractivity contribution >= 4 is 0 Å². The number of aromatic hydroxyl groups is 1. The number of aryl methyl sites for hydroxylation is 2. The van der Waals surface area contributed by atoms with Crippen molar-refractivity contribution in [2.45, 2.75) is 33.5 Å². The number of nitrogens with zero attached hydrogens (tertiary/aromatic N) is 1. The predicted octanol–water partition coefficient (Wildman–Crippen LogP) is 2.19. The highest BCUT2D eigenvalue weighted by molar-refractivity contribution is 5.40. The van der Waals surface area contributed by atoms with Gasteiger partial charge < -0.3 is 15.5 Å². The molecule has 3 N–H and O–H groups in total. The van der Waals surface area contributed by atoms with E-state index in [9.17, 15) is 10.2 Å². The van der Waals surface area contributed by atoms with Crippen molar-refractivity contribution in [2.75, 3.05) is 0 Å². The predicted molar refractivity (Wildman–Crippen MR) is 78.3 cm³/mol. The topological polar surface area (TPSA) is 65.4 Å². The van der Waals surface area contributed by atoms with Crippen LogP contribution in [0.2, 0.25) is 0 Å². The summed E-state index contributed by atoms with van der Waals surface area (Å²) in [6.07, 6.45) is 1.61. The van der Waals surface area contributed by atoms with E-state index in [1.807, 2.05) is 0 Å². The van der Waals surface area contributed by atoms with Gasteiger partial charge in [-0.1, -0.05) is 29.8 Å². The van der Waals surface area contributed by atoms with Gasteiger partial charge in [-0.25, -0.2) is 0 Å². The van der Waals surface area contributed by atoms with E-state index < -0.39 is 0 Å². The Bertz CT molecular complexity index is 580. The molecular weight excluding hydrogens is 252 g/mol. The van der Waals surface area contributed by atoms with Crippen molar-refractivity contribution in [3.8, 4) is 5.75 Å². The maximum atomic E-state index is 10.0. The second kappa shape index (κ2) is 6.50. The van der Waals surface area contributed by atoms with Crippen LogP contribution < -0.4 is 5.32 Å². The molecule has 1 aromatic heterocycles. The number of aliphatic hydroxyl groups excluding tert-OH is 1. The lowest BCUT2D eigenvalue weighted by atomic mass is 10.1. The summed E-state index contributed by atoms with van der Waals surface area (Å²) in [5.74, 6) is 0.160. The third-order valence-electron chi connectivity index (χ3n) is 3.35. The second-order valence-corrected chi connectivity index (χ2v) is 4.94. The molecule has 0 aliphatic carbocycles. The van der Waals surface area contributed by atoms with Crippen LogP contribution in [0, 0.1) is 13.8 Å². The summed E-state index contributed by atoms with van der Waals surface area (Å²) in [4.78, 5) is 4.05. The molecule has 0 saturated heterocycles. The van der Waals surface area contributed by atoms with Crippen LogP contribution in [-0.2, 0) is 19.7 Å². The zero-order chi connectivity index (χ0) is 14.5. The molecule has 0 fully saturated rings. The van der Waals surface area contributed by atoms with E-state index in [0.29, 0.717) is 29.9 Å². The van der Waals surface area contributed by atoms with Gasteiger partial charge in [-0.3, -0.25) is 4.98 Å². The summed E-state index contributed by atoms with van der Waals surface area (Å²) in [6, 6.07) is 8.30. The van der Waals surface area contributed by atoms with Gasteiger partial charge in [0.05, 0.1) is 12.3 Å². The minimum atomic E-state index is -0.123. The largest absolute Gasteiger partial charge is 0.506 e. The summed E-state index contributed by atoms with van der Waals surface area (Å²) in [7, 11) is 0. The molecule has 0 saturated carbocycles. The quantitative estimate of drug-likeness (QED) is 0.780. The minimum Gasteiger partial charge on any atom is -0.506 e. The number of aromatic nitrogens is 1. The molecule has 4 heteroatoms. The Morgan fingerprint density at radius 2 is 1.80 bits per heavy atom. The lowest BCUT2D eigenvalue weighted by Gasteiger charge is -2.12. The van der Waals surface area contributed by atoms with Crippen LogP contribution in [0.5, 0.6) is 5.75 Å². The molecule has 2 rings (SSSR count). The van der Waals surface area contributed by atoms with Crippen LogP contribution >= 0.6 is 0 Å². The Morgan fingerprint density at radius 3 is 2.45 bits per heavy atom. The molecule has 2 aromatic rings. The second-order valence-electron chi connectivity index (χ2n) is 4.94. The normalized spacial score (nSPS) is 10.8. The Kier molecular flexibility index (Phi) is 4.71. The number of hydrogen-bond acceptors (Lipinski definition) is 4. The van der Waals surface area contributed by atoms with Crippen LogP contribution in [0.4, 0.5) is 0 Å². The smallest absolute Gasteiger partial charge is 0.141 e. The molecule has 0 unspecified atom stereocenters. The van der Waals surface area contributed by atoms with Crippen molar-refractivity contribution in [1.29, 1.82) is 0 Å². The molecule has 0 aliphatic rings. The fourth-order valence-corrected chi connectivity index (χ4v) is 2.06. The first-order chi connectivity index (χ1) is 9.61. The third kappa shape index (κ3) is 3.35. The van der Waals surface area contributed by atoms with Gasteiger partial charge in [-0.15, -0.1) is 0 Å². The number of pyridine rings is 1. The fourth-order valence-electron chi connectivity index (χ4n) is 2.06. The van der Waals surface area contributed by atoms with Crippen molar-refractivity contribution in [3.63, 3.8) is 0 Å². The van der Waals surface area contributed by atoms with E-state index in [-0.39, 0.29) is 12.4 Å². The zero-order valence-electron chi connectivity index (χ0n) is 11.8. The molecule has 4 nitrogen and oxygen atoms in total. The molecule has 1 heterocycles. The molecule has 1 aromatic carbocycles. The first kappa shape index (κ1) is 14.5. The highest BCUT2D eigenvalue weighted by atomic mass is 16.3. The SMILES string of the molecule is Cc1ccc(CNCc2c(CO)cnc(C)c2O)cc1. The van der Waals surface area contributed by atoms with Crippen LogP contribution in [0.1, 0.15) is 27.9 Å². The van der Waals surface area contributed by atoms with Crippen LogP contribution in [-0.4, -0.2) is 15.2 Å². The average Bonchev–Trinajstić information content (AvgIpc) is 2.46. The number of nitrogens with one attached hydrogen (secondary N) is 1. The van der Waals surface area contributed by atoms with Crippen molar-refractivity contribution < 1.29 is 10.2 Å². The highest BCUT2D eigenvalue weighted by Crippen LogP contribution is 2.23. The van der Waals surface area contributed by atoms with Crippen molar-refractivity contribution in [3.05, 3.63) is 58.4 Å². The highest BCUT2D eigenvalue weighted by Gasteiger charge is 2.10. The van der Waals surface area contributed by atoms with Crippen LogP contribution in [0.15, 0.2) is 30.5 Å². The van der Waals surface area contributed by atoms with E-state index in [2.05, 4.69) is 41.5 Å². The Hall–Kier alpha value is -1.91. The molecule has 0 atom stereocenters. The van der Waals surface area contributed by atoms with E-state index in [1.165, 1.54) is 11.1 Å². The number of benzene rings is 1. The lowest BCUT2D eigenvalue weighted by molar-refractivity contribution is 0.278. The van der Waals surface area contributed by atoms with Gasteiger partial charge >= 0.3 is 0 Å². The van der Waals surface area contributed by atoms with Gasteiger partial charge in [0.2, 0.25) is 0 Å². The van der Waals surface area contributed by atoms with Crippen molar-refractivity contribution in [1.82, 2.24) is 10.3 Å². The van der Waals surface area contributed by atoms with Gasteiger partial charge in [-0.05, 0) is 19.4 Å². The minimum absolute atomic E-state index is 0.123. The number of hydrogen-bond donors (Lipinski definition) is 3. The van der Waals surface area contributed by atoms with Gasteiger partial charge in [0.25, 0.3) is 0 Å². The fraction of sp³-hybridized carbons (Fsp3) is 0.312. The van der Waals surface area contributed by atoms with Crippen LogP contribution in [0.3, 0.4) is 0 Å². The molecule has 0 amide bonds. The van der Waals surface area contributed by atoms with E-state index >= 15 is 0 Å². The van der Waals surface area contributed by atoms with Gasteiger partial charge in [0.15, 0.2) is 0 Å². The summed E-state index contributed by atoms with van der Waals surface area (Å²) >= 11 is 0. The summed E-state index contributed by atoms with van der Waals surface area (Å²) in [5.41, 5.74) is 4.37. The first-order valence-electron chi connectivity index (χ1n) is 6.65. The van der Waals surface area contributed by atoms with E-state index in [1.54, 1.807) is 13.1 Å². The Balaban J connectivity index is 2.03. The Labute approximate surface area is 119 Å². The van der Waals surface area contributed by atoms with Crippen LogP contribution in [0.25, 0.3) is 0 Å². The van der Waals surface area contributed by atoms with E-state index in [0.717, 1.165) is 0 Å². The zero-order valence-corrected chi connectivity index (χ0v) is 11.8. The maximum absolute atomic E-state index is 10.0. The standard InChI is InChI=1S/C16H20N2O2/c1-11-3-5-13(6-4-11)7-17-9-15-14(10-19)8-18-12(2)16(15)20/h3-6,8,17,19-20H,7,9-10H2,1-2H3. The molecule has 0 radical (unpaired) electrons. The molecule has 0 spiro atoms. The summed E-state index contributed by atoms with van der Waals surface area (Å²) in [6.45, 7) is 4.90. The summed E-state index contributed by atoms with van der Waals surface area (Å²) < 4.78 is 0. The molecule has 20 heavy (non-hydrogen) atoms. The molecule has 106 valence electrons. The van der Waals surface area contributed by atoms with E-state index in [4.69, 9.17) is 0 Å². The Morgan fingerprint density at radius 1 is 1.10 bits per heavy atom.